The Morgan fingerprint density at radius 1 is 1.07 bits per heavy atom. The summed E-state index contributed by atoms with van der Waals surface area (Å²) in [5, 5.41) is 3.06. The molecule has 1 unspecified atom stereocenters. The van der Waals surface area contributed by atoms with Crippen molar-refractivity contribution in [3.63, 3.8) is 0 Å². The summed E-state index contributed by atoms with van der Waals surface area (Å²) >= 11 is 0. The molecule has 0 fully saturated rings. The first kappa shape index (κ1) is 18.9. The van der Waals surface area contributed by atoms with Crippen LogP contribution in [-0.4, -0.2) is 23.3 Å². The van der Waals surface area contributed by atoms with E-state index in [9.17, 15) is 9.59 Å². The quantitative estimate of drug-likeness (QED) is 0.723. The second-order valence-electron chi connectivity index (χ2n) is 7.28. The van der Waals surface area contributed by atoms with E-state index in [1.807, 2.05) is 60.7 Å². The average molecular weight is 385 g/mol. The fraction of sp³-hybridized carbons (Fsp3) is 0.208. The first-order valence-corrected chi connectivity index (χ1v) is 9.77. The molecule has 0 saturated heterocycles. The Labute approximate surface area is 170 Å². The molecule has 3 aromatic rings. The number of amides is 2. The molecule has 4 rings (SSSR count). The Balaban J connectivity index is 1.59. The van der Waals surface area contributed by atoms with Gasteiger partial charge in [0.05, 0.1) is 5.92 Å². The van der Waals surface area contributed by atoms with Crippen LogP contribution in [0.25, 0.3) is 0 Å². The lowest BCUT2D eigenvalue weighted by molar-refractivity contribution is -0.118. The standard InChI is InChI=1S/C24H23N3O2/c1-17(28)27-14-11-20-7-8-21(16-23(20)27)26-24(29)22(19-5-3-2-4-6-19)15-18-9-12-25-13-10-18/h2-10,12-13,16,22H,11,14-15H2,1H3,(H,26,29). The minimum absolute atomic E-state index is 0.0204. The first-order chi connectivity index (χ1) is 14.1. The van der Waals surface area contributed by atoms with Crippen LogP contribution in [0, 0.1) is 0 Å². The van der Waals surface area contributed by atoms with Crippen molar-refractivity contribution in [2.24, 2.45) is 0 Å². The van der Waals surface area contributed by atoms with E-state index >= 15 is 0 Å². The zero-order chi connectivity index (χ0) is 20.2. The van der Waals surface area contributed by atoms with Crippen molar-refractivity contribution in [3.05, 3.63) is 89.7 Å². The van der Waals surface area contributed by atoms with Crippen LogP contribution in [0.4, 0.5) is 11.4 Å². The summed E-state index contributed by atoms with van der Waals surface area (Å²) in [6, 6.07) is 19.5. The smallest absolute Gasteiger partial charge is 0.232 e. The summed E-state index contributed by atoms with van der Waals surface area (Å²) in [5.74, 6) is -0.372. The number of anilines is 2. The van der Waals surface area contributed by atoms with Crippen molar-refractivity contribution < 1.29 is 9.59 Å². The minimum atomic E-state index is -0.323. The van der Waals surface area contributed by atoms with Gasteiger partial charge in [-0.05, 0) is 53.8 Å². The molecule has 1 N–H and O–H groups in total. The largest absolute Gasteiger partial charge is 0.325 e. The molecular weight excluding hydrogens is 362 g/mol. The Hall–Kier alpha value is -3.47. The molecule has 2 heterocycles. The Bertz CT molecular complexity index is 1020. The van der Waals surface area contributed by atoms with Gasteiger partial charge < -0.3 is 10.2 Å². The third kappa shape index (κ3) is 4.19. The summed E-state index contributed by atoms with van der Waals surface area (Å²) in [6.45, 7) is 2.26. The lowest BCUT2D eigenvalue weighted by atomic mass is 9.91. The zero-order valence-corrected chi connectivity index (χ0v) is 16.3. The Morgan fingerprint density at radius 2 is 1.83 bits per heavy atom. The molecule has 5 nitrogen and oxygen atoms in total. The van der Waals surface area contributed by atoms with Crippen molar-refractivity contribution in [2.75, 3.05) is 16.8 Å². The highest BCUT2D eigenvalue weighted by Crippen LogP contribution is 2.31. The van der Waals surface area contributed by atoms with Crippen LogP contribution in [0.5, 0.6) is 0 Å². The van der Waals surface area contributed by atoms with Gasteiger partial charge in [0.1, 0.15) is 0 Å². The summed E-state index contributed by atoms with van der Waals surface area (Å²) < 4.78 is 0. The van der Waals surface area contributed by atoms with E-state index in [0.29, 0.717) is 18.7 Å². The predicted molar refractivity (Wildman–Crippen MR) is 114 cm³/mol. The maximum Gasteiger partial charge on any atom is 0.232 e. The second-order valence-corrected chi connectivity index (χ2v) is 7.28. The van der Waals surface area contributed by atoms with Crippen LogP contribution in [0.3, 0.4) is 0 Å². The maximum atomic E-state index is 13.2. The van der Waals surface area contributed by atoms with Crippen LogP contribution in [0.1, 0.15) is 29.5 Å². The molecule has 0 aliphatic carbocycles. The highest BCUT2D eigenvalue weighted by molar-refractivity contribution is 5.98. The Morgan fingerprint density at radius 3 is 2.55 bits per heavy atom. The molecular formula is C24H23N3O2. The third-order valence-electron chi connectivity index (χ3n) is 5.34. The summed E-state index contributed by atoms with van der Waals surface area (Å²) in [4.78, 5) is 30.9. The molecule has 146 valence electrons. The number of hydrogen-bond acceptors (Lipinski definition) is 3. The number of rotatable bonds is 5. The van der Waals surface area contributed by atoms with Crippen LogP contribution >= 0.6 is 0 Å². The number of benzene rings is 2. The first-order valence-electron chi connectivity index (χ1n) is 9.77. The number of nitrogens with one attached hydrogen (secondary N) is 1. The number of aromatic nitrogens is 1. The topological polar surface area (TPSA) is 62.3 Å². The fourth-order valence-electron chi connectivity index (χ4n) is 3.82. The van der Waals surface area contributed by atoms with Crippen molar-refractivity contribution in [1.29, 1.82) is 0 Å². The Kier molecular flexibility index (Phi) is 5.38. The number of pyridine rings is 1. The fourth-order valence-corrected chi connectivity index (χ4v) is 3.82. The highest BCUT2D eigenvalue weighted by atomic mass is 16.2. The highest BCUT2D eigenvalue weighted by Gasteiger charge is 2.24. The maximum absolute atomic E-state index is 13.2. The summed E-state index contributed by atoms with van der Waals surface area (Å²) in [7, 11) is 0. The van der Waals surface area contributed by atoms with Crippen molar-refractivity contribution in [2.45, 2.75) is 25.7 Å². The third-order valence-corrected chi connectivity index (χ3v) is 5.34. The number of hydrogen-bond donors (Lipinski definition) is 1. The lowest BCUT2D eigenvalue weighted by Crippen LogP contribution is -2.26. The van der Waals surface area contributed by atoms with Gasteiger partial charge in [-0.2, -0.15) is 0 Å². The number of fused-ring (bicyclic) bond motifs is 1. The van der Waals surface area contributed by atoms with E-state index < -0.39 is 0 Å². The second kappa shape index (κ2) is 8.27. The predicted octanol–water partition coefficient (Wildman–Crippen LogP) is 3.96. The molecule has 0 radical (unpaired) electrons. The average Bonchev–Trinajstić information content (AvgIpc) is 3.17. The molecule has 0 bridgehead atoms. The van der Waals surface area contributed by atoms with Crippen LogP contribution in [0.2, 0.25) is 0 Å². The van der Waals surface area contributed by atoms with Crippen LogP contribution in [-0.2, 0) is 22.4 Å². The SMILES string of the molecule is CC(=O)N1CCc2ccc(NC(=O)C(Cc3ccncc3)c3ccccc3)cc21. The normalized spacial score (nSPS) is 13.6. The van der Waals surface area contributed by atoms with Gasteiger partial charge in [0.2, 0.25) is 11.8 Å². The number of carbonyl (C=O) groups excluding carboxylic acids is 2. The van der Waals surface area contributed by atoms with Gasteiger partial charge in [0.25, 0.3) is 0 Å². The molecule has 2 aromatic carbocycles. The number of carbonyl (C=O) groups is 2. The molecule has 1 atom stereocenters. The van der Waals surface area contributed by atoms with Crippen molar-refractivity contribution >= 4 is 23.2 Å². The van der Waals surface area contributed by atoms with Gasteiger partial charge in [-0.25, -0.2) is 0 Å². The molecule has 0 saturated carbocycles. The molecule has 2 amide bonds. The van der Waals surface area contributed by atoms with Gasteiger partial charge in [-0.3, -0.25) is 14.6 Å². The summed E-state index contributed by atoms with van der Waals surface area (Å²) in [5.41, 5.74) is 4.75. The van der Waals surface area contributed by atoms with Crippen molar-refractivity contribution in [3.8, 4) is 0 Å². The van der Waals surface area contributed by atoms with Gasteiger partial charge in [0, 0.05) is 37.2 Å². The van der Waals surface area contributed by atoms with Gasteiger partial charge in [-0.1, -0.05) is 36.4 Å². The van der Waals surface area contributed by atoms with Crippen LogP contribution in [0.15, 0.2) is 73.1 Å². The van der Waals surface area contributed by atoms with E-state index in [2.05, 4.69) is 10.3 Å². The van der Waals surface area contributed by atoms with Gasteiger partial charge in [0.15, 0.2) is 0 Å². The van der Waals surface area contributed by atoms with E-state index in [0.717, 1.165) is 28.8 Å². The zero-order valence-electron chi connectivity index (χ0n) is 16.3. The van der Waals surface area contributed by atoms with E-state index in [-0.39, 0.29) is 17.7 Å². The monoisotopic (exact) mass is 385 g/mol. The minimum Gasteiger partial charge on any atom is -0.325 e. The van der Waals surface area contributed by atoms with Gasteiger partial charge >= 0.3 is 0 Å². The van der Waals surface area contributed by atoms with Gasteiger partial charge in [-0.15, -0.1) is 0 Å². The molecule has 1 aliphatic rings. The van der Waals surface area contributed by atoms with E-state index in [1.165, 1.54) is 0 Å². The molecule has 1 aromatic heterocycles. The van der Waals surface area contributed by atoms with Crippen molar-refractivity contribution in [1.82, 2.24) is 4.98 Å². The van der Waals surface area contributed by atoms with E-state index in [1.54, 1.807) is 24.2 Å². The molecule has 29 heavy (non-hydrogen) atoms. The number of nitrogens with zero attached hydrogens (tertiary/aromatic N) is 2. The summed E-state index contributed by atoms with van der Waals surface area (Å²) in [6.07, 6.45) is 4.92. The van der Waals surface area contributed by atoms with E-state index in [4.69, 9.17) is 0 Å². The molecule has 0 spiro atoms. The molecule has 1 aliphatic heterocycles. The molecule has 5 heteroatoms. The lowest BCUT2D eigenvalue weighted by Gasteiger charge is -2.19. The van der Waals surface area contributed by atoms with Crippen LogP contribution < -0.4 is 10.2 Å².